The topological polar surface area (TPSA) is 63.6 Å². The van der Waals surface area contributed by atoms with Crippen LogP contribution in [-0.4, -0.2) is 36.9 Å². The molecule has 140 valence electrons. The predicted octanol–water partition coefficient (Wildman–Crippen LogP) is 2.32. The van der Waals surface area contributed by atoms with E-state index in [9.17, 15) is 9.59 Å². The van der Waals surface area contributed by atoms with Gasteiger partial charge in [0, 0.05) is 11.3 Å². The second-order valence-electron chi connectivity index (χ2n) is 7.16. The van der Waals surface area contributed by atoms with Crippen LogP contribution in [0.4, 0.5) is 0 Å². The average Bonchev–Trinajstić information content (AvgIpc) is 2.89. The number of aromatic nitrogens is 1. The summed E-state index contributed by atoms with van der Waals surface area (Å²) in [5.74, 6) is -0.415. The van der Waals surface area contributed by atoms with Gasteiger partial charge in [-0.25, -0.2) is 4.79 Å². The van der Waals surface area contributed by atoms with Crippen molar-refractivity contribution in [3.8, 4) is 0 Å². The van der Waals surface area contributed by atoms with E-state index in [0.717, 1.165) is 11.4 Å². The Labute approximate surface area is 155 Å². The van der Waals surface area contributed by atoms with Gasteiger partial charge in [0.1, 0.15) is 6.54 Å². The summed E-state index contributed by atoms with van der Waals surface area (Å²) in [5, 5.41) is 0. The minimum Gasteiger partial charge on any atom is -0.465 e. The van der Waals surface area contributed by atoms with Crippen molar-refractivity contribution in [2.75, 3.05) is 14.2 Å². The zero-order valence-corrected chi connectivity index (χ0v) is 16.7. The summed E-state index contributed by atoms with van der Waals surface area (Å²) in [4.78, 5) is 29.1. The molecule has 1 aromatic carbocycles. The molecule has 0 aliphatic heterocycles. The lowest BCUT2D eigenvalue weighted by Crippen LogP contribution is -3.12. The number of rotatable bonds is 6. The predicted molar refractivity (Wildman–Crippen MR) is 102 cm³/mol. The van der Waals surface area contributed by atoms with Crippen LogP contribution >= 0.6 is 0 Å². The molecule has 0 spiro atoms. The fourth-order valence-electron chi connectivity index (χ4n) is 3.34. The number of quaternary nitrogens is 1. The van der Waals surface area contributed by atoms with Crippen LogP contribution < -0.4 is 4.90 Å². The molecule has 0 saturated heterocycles. The third-order valence-corrected chi connectivity index (χ3v) is 5.17. The first kappa shape index (κ1) is 19.9. The molecule has 1 unspecified atom stereocenters. The number of benzene rings is 1. The maximum atomic E-state index is 13.0. The number of esters is 1. The summed E-state index contributed by atoms with van der Waals surface area (Å²) >= 11 is 0. The van der Waals surface area contributed by atoms with E-state index in [1.165, 1.54) is 23.8 Å². The Morgan fingerprint density at radius 1 is 1.19 bits per heavy atom. The normalized spacial score (nSPS) is 13.3. The molecule has 0 fully saturated rings. The van der Waals surface area contributed by atoms with E-state index in [2.05, 4.69) is 37.0 Å². The van der Waals surface area contributed by atoms with Gasteiger partial charge >= 0.3 is 5.97 Å². The number of nitrogens with one attached hydrogen (secondary N) is 2. The molecule has 2 rings (SSSR count). The highest BCUT2D eigenvalue weighted by molar-refractivity contribution is 6.03. The first-order valence-electron chi connectivity index (χ1n) is 8.87. The molecule has 0 aliphatic rings. The molecule has 5 heteroatoms. The van der Waals surface area contributed by atoms with Crippen molar-refractivity contribution in [2.45, 2.75) is 47.2 Å². The number of carbonyl (C=O) groups is 2. The van der Waals surface area contributed by atoms with Crippen LogP contribution in [0.1, 0.15) is 55.7 Å². The van der Waals surface area contributed by atoms with Crippen LogP contribution in [0.2, 0.25) is 0 Å². The summed E-state index contributed by atoms with van der Waals surface area (Å²) in [6, 6.07) is 6.16. The van der Waals surface area contributed by atoms with Gasteiger partial charge in [-0.15, -0.1) is 0 Å². The molecular weight excluding hydrogens is 328 g/mol. The maximum Gasteiger partial charge on any atom is 0.339 e. The van der Waals surface area contributed by atoms with Gasteiger partial charge in [-0.3, -0.25) is 4.79 Å². The Balaban J connectivity index is 2.22. The zero-order chi connectivity index (χ0) is 19.6. The largest absolute Gasteiger partial charge is 0.465 e. The number of hydrogen-bond donors (Lipinski definition) is 2. The second kappa shape index (κ2) is 7.87. The van der Waals surface area contributed by atoms with E-state index in [0.29, 0.717) is 22.5 Å². The summed E-state index contributed by atoms with van der Waals surface area (Å²) in [7, 11) is 3.37. The maximum absolute atomic E-state index is 13.0. The van der Waals surface area contributed by atoms with Gasteiger partial charge in [0.2, 0.25) is 5.78 Å². The molecule has 2 aromatic rings. The van der Waals surface area contributed by atoms with Crippen LogP contribution in [0.5, 0.6) is 0 Å². The van der Waals surface area contributed by atoms with Crippen LogP contribution in [0.15, 0.2) is 18.2 Å². The van der Waals surface area contributed by atoms with E-state index in [-0.39, 0.29) is 11.8 Å². The Kier molecular flexibility index (Phi) is 6.03. The number of Topliss-reactive ketones (excluding diaryl/α,β-unsaturated/α-hetero) is 1. The van der Waals surface area contributed by atoms with Gasteiger partial charge in [-0.05, 0) is 45.7 Å². The molecular formula is C21H29N2O3+. The molecule has 0 amide bonds. The number of likely N-dealkylation sites (N-methyl/N-ethyl adjacent to an activating group) is 1. The SMILES string of the molecule is COC(=O)c1c(C)[nH]c(C(=O)[C@@H](C)[NH+](C)Cc2ccc(C)cc2C)c1C. The Bertz CT molecular complexity index is 836. The third kappa shape index (κ3) is 3.88. The second-order valence-corrected chi connectivity index (χ2v) is 7.16. The monoisotopic (exact) mass is 357 g/mol. The molecule has 1 heterocycles. The first-order chi connectivity index (χ1) is 12.2. The molecule has 2 atom stereocenters. The number of aromatic amines is 1. The van der Waals surface area contributed by atoms with Crippen molar-refractivity contribution in [1.82, 2.24) is 4.98 Å². The van der Waals surface area contributed by atoms with Crippen molar-refractivity contribution in [3.63, 3.8) is 0 Å². The summed E-state index contributed by atoms with van der Waals surface area (Å²) in [5.41, 5.74) is 5.99. The number of ether oxygens (including phenoxy) is 1. The minimum absolute atomic E-state index is 0.00279. The van der Waals surface area contributed by atoms with E-state index in [1.807, 2.05) is 14.0 Å². The van der Waals surface area contributed by atoms with Crippen molar-refractivity contribution in [3.05, 3.63) is 57.4 Å². The van der Waals surface area contributed by atoms with Crippen LogP contribution in [0.25, 0.3) is 0 Å². The summed E-state index contributed by atoms with van der Waals surface area (Å²) in [6.07, 6.45) is 0. The molecule has 0 aliphatic carbocycles. The molecule has 5 nitrogen and oxygen atoms in total. The molecule has 0 saturated carbocycles. The first-order valence-corrected chi connectivity index (χ1v) is 8.87. The fraction of sp³-hybridized carbons (Fsp3) is 0.429. The van der Waals surface area contributed by atoms with Gasteiger partial charge in [0.15, 0.2) is 6.04 Å². The van der Waals surface area contributed by atoms with Crippen LogP contribution in [0, 0.1) is 27.7 Å². The number of H-pyrrole nitrogens is 1. The standard InChI is InChI=1S/C21H28N2O3/c1-12-8-9-17(13(2)10-12)11-23(6)16(5)20(24)19-14(3)18(15(4)22-19)21(25)26-7/h8-10,16,22H,11H2,1-7H3/p+1/t16-/m1/s1. The lowest BCUT2D eigenvalue weighted by Gasteiger charge is -2.21. The van der Waals surface area contributed by atoms with Crippen LogP contribution in [0.3, 0.4) is 0 Å². The van der Waals surface area contributed by atoms with Gasteiger partial charge in [-0.2, -0.15) is 0 Å². The van der Waals surface area contributed by atoms with Gasteiger partial charge < -0.3 is 14.6 Å². The Morgan fingerprint density at radius 3 is 2.42 bits per heavy atom. The zero-order valence-electron chi connectivity index (χ0n) is 16.7. The van der Waals surface area contributed by atoms with E-state index < -0.39 is 5.97 Å². The number of ketones is 1. The van der Waals surface area contributed by atoms with E-state index in [1.54, 1.807) is 13.8 Å². The lowest BCUT2D eigenvalue weighted by molar-refractivity contribution is -0.907. The molecule has 26 heavy (non-hydrogen) atoms. The highest BCUT2D eigenvalue weighted by Gasteiger charge is 2.29. The van der Waals surface area contributed by atoms with Crippen molar-refractivity contribution in [2.24, 2.45) is 0 Å². The quantitative estimate of drug-likeness (QED) is 0.616. The number of aryl methyl sites for hydroxylation is 3. The average molecular weight is 357 g/mol. The fourth-order valence-corrected chi connectivity index (χ4v) is 3.34. The van der Waals surface area contributed by atoms with Crippen molar-refractivity contribution >= 4 is 11.8 Å². The van der Waals surface area contributed by atoms with Gasteiger partial charge in [0.25, 0.3) is 0 Å². The highest BCUT2D eigenvalue weighted by Crippen LogP contribution is 2.20. The molecule has 2 N–H and O–H groups in total. The molecule has 0 radical (unpaired) electrons. The number of hydrogen-bond acceptors (Lipinski definition) is 3. The number of carbonyl (C=O) groups excluding carboxylic acids is 2. The van der Waals surface area contributed by atoms with Crippen LogP contribution in [-0.2, 0) is 11.3 Å². The lowest BCUT2D eigenvalue weighted by atomic mass is 10.0. The van der Waals surface area contributed by atoms with Crippen molar-refractivity contribution in [1.29, 1.82) is 0 Å². The van der Waals surface area contributed by atoms with E-state index in [4.69, 9.17) is 4.74 Å². The Hall–Kier alpha value is -2.40. The minimum atomic E-state index is -0.418. The summed E-state index contributed by atoms with van der Waals surface area (Å²) in [6.45, 7) is 10.4. The third-order valence-electron chi connectivity index (χ3n) is 5.17. The number of methoxy groups -OCH3 is 1. The van der Waals surface area contributed by atoms with E-state index >= 15 is 0 Å². The van der Waals surface area contributed by atoms with Gasteiger partial charge in [-0.1, -0.05) is 23.8 Å². The van der Waals surface area contributed by atoms with Gasteiger partial charge in [0.05, 0.1) is 25.4 Å². The smallest absolute Gasteiger partial charge is 0.339 e. The molecule has 0 bridgehead atoms. The Morgan fingerprint density at radius 2 is 1.85 bits per heavy atom. The highest BCUT2D eigenvalue weighted by atomic mass is 16.5. The molecule has 1 aromatic heterocycles. The van der Waals surface area contributed by atoms with Crippen molar-refractivity contribution < 1.29 is 19.2 Å². The summed E-state index contributed by atoms with van der Waals surface area (Å²) < 4.78 is 4.83.